The number of ether oxygens (including phenoxy) is 3. The standard InChI is InChI=1S/C37H49N5O6S/c1-24(2)19-28-23-48-34-33(47-6)32(31-25(3)9-7-10-26(31)4)38-36(39-34)40-49(44,45)30-12-8-11-27(20-30)35(43)42(28)29-21-37(22-29)13-15-41(16-14-37)17-18-46-5/h7-12,20,24,28-29H,13-19,21-23H2,1-6H3,(H,38,39,40)/t28-/m1/s1. The molecule has 2 aliphatic heterocycles. The molecule has 2 aromatic carbocycles. The van der Waals surface area contributed by atoms with Gasteiger partial charge in [0, 0.05) is 30.8 Å². The molecule has 6 rings (SSSR count). The highest BCUT2D eigenvalue weighted by atomic mass is 32.2. The molecule has 1 saturated heterocycles. The van der Waals surface area contributed by atoms with E-state index in [1.54, 1.807) is 19.2 Å². The lowest BCUT2D eigenvalue weighted by Crippen LogP contribution is -2.60. The Morgan fingerprint density at radius 2 is 1.73 bits per heavy atom. The maximum absolute atomic E-state index is 14.6. The largest absolute Gasteiger partial charge is 0.490 e. The van der Waals surface area contributed by atoms with Crippen molar-refractivity contribution in [2.75, 3.05) is 51.8 Å². The Morgan fingerprint density at radius 1 is 1.04 bits per heavy atom. The molecule has 2 fully saturated rings. The average Bonchev–Trinajstić information content (AvgIpc) is 3.05. The Hall–Kier alpha value is -3.74. The zero-order valence-corrected chi connectivity index (χ0v) is 30.3. The topological polar surface area (TPSA) is 123 Å². The molecule has 3 heterocycles. The Balaban J connectivity index is 1.42. The van der Waals surface area contributed by atoms with Crippen molar-refractivity contribution in [3.05, 3.63) is 59.2 Å². The molecular weight excluding hydrogens is 643 g/mol. The first-order chi connectivity index (χ1) is 23.4. The van der Waals surface area contributed by atoms with Crippen molar-refractivity contribution in [2.24, 2.45) is 11.3 Å². The SMILES string of the molecule is COCCN1CCC2(CC1)CC(N1C(=O)c3cccc(c3)S(=O)(=O)Nc3nc(c(OC)c(-c4c(C)cccc4C)n3)OC[C@H]1CC(C)C)C2. The number of piperidine rings is 1. The number of rotatable bonds is 8. The van der Waals surface area contributed by atoms with Gasteiger partial charge in [-0.15, -0.1) is 0 Å². The van der Waals surface area contributed by atoms with Crippen LogP contribution in [0.4, 0.5) is 5.95 Å². The van der Waals surface area contributed by atoms with Crippen LogP contribution in [0.1, 0.15) is 67.4 Å². The monoisotopic (exact) mass is 691 g/mol. The Morgan fingerprint density at radius 3 is 2.39 bits per heavy atom. The van der Waals surface area contributed by atoms with E-state index in [-0.39, 0.29) is 52.7 Å². The summed E-state index contributed by atoms with van der Waals surface area (Å²) in [4.78, 5) is 28.2. The molecule has 0 unspecified atom stereocenters. The van der Waals surface area contributed by atoms with Crippen LogP contribution in [0.15, 0.2) is 47.4 Å². The second-order valence-electron chi connectivity index (χ2n) is 14.3. The van der Waals surface area contributed by atoms with Crippen LogP contribution >= 0.6 is 0 Å². The molecule has 4 bridgehead atoms. The summed E-state index contributed by atoms with van der Waals surface area (Å²) in [6.45, 7) is 12.1. The van der Waals surface area contributed by atoms with Crippen LogP contribution in [0.2, 0.25) is 0 Å². The van der Waals surface area contributed by atoms with Gasteiger partial charge in [0.2, 0.25) is 11.7 Å². The number of aryl methyl sites for hydroxylation is 2. The number of carbonyl (C=O) groups excluding carboxylic acids is 1. The number of likely N-dealkylation sites (tertiary alicyclic amines) is 1. The molecule has 1 atom stereocenters. The van der Waals surface area contributed by atoms with E-state index in [2.05, 4.69) is 33.4 Å². The highest BCUT2D eigenvalue weighted by Gasteiger charge is 2.50. The number of anilines is 1. The van der Waals surface area contributed by atoms with Crippen molar-refractivity contribution in [3.8, 4) is 22.9 Å². The van der Waals surface area contributed by atoms with Crippen LogP contribution in [0.3, 0.4) is 0 Å². The van der Waals surface area contributed by atoms with Crippen molar-refractivity contribution in [2.45, 2.75) is 76.8 Å². The second-order valence-corrected chi connectivity index (χ2v) is 16.0. The third-order valence-electron chi connectivity index (χ3n) is 10.4. The van der Waals surface area contributed by atoms with Gasteiger partial charge in [0.25, 0.3) is 21.8 Å². The summed E-state index contributed by atoms with van der Waals surface area (Å²) >= 11 is 0. The molecule has 11 nitrogen and oxygen atoms in total. The van der Waals surface area contributed by atoms with E-state index in [9.17, 15) is 13.2 Å². The molecule has 1 N–H and O–H groups in total. The third-order valence-corrected chi connectivity index (χ3v) is 11.7. The molecule has 49 heavy (non-hydrogen) atoms. The van der Waals surface area contributed by atoms with Crippen molar-refractivity contribution in [1.29, 1.82) is 0 Å². The minimum Gasteiger partial charge on any atom is -0.490 e. The lowest BCUT2D eigenvalue weighted by atomic mass is 9.59. The van der Waals surface area contributed by atoms with Crippen molar-refractivity contribution < 1.29 is 27.4 Å². The van der Waals surface area contributed by atoms with Crippen LogP contribution in [-0.2, 0) is 14.8 Å². The predicted molar refractivity (Wildman–Crippen MR) is 189 cm³/mol. The van der Waals surface area contributed by atoms with Gasteiger partial charge in [-0.1, -0.05) is 38.1 Å². The van der Waals surface area contributed by atoms with E-state index >= 15 is 0 Å². The Bertz CT molecular complexity index is 1760. The number of benzene rings is 2. The number of nitrogens with zero attached hydrogens (tertiary/aromatic N) is 4. The van der Waals surface area contributed by atoms with Gasteiger partial charge in [-0.3, -0.25) is 4.79 Å². The fraction of sp³-hybridized carbons (Fsp3) is 0.541. The maximum Gasteiger partial charge on any atom is 0.264 e. The molecule has 1 spiro atoms. The van der Waals surface area contributed by atoms with Crippen LogP contribution in [0, 0.1) is 25.2 Å². The normalized spacial score (nSPS) is 20.8. The first-order valence-corrected chi connectivity index (χ1v) is 18.7. The van der Waals surface area contributed by atoms with E-state index in [0.717, 1.165) is 68.6 Å². The number of hydrogen-bond donors (Lipinski definition) is 1. The Kier molecular flexibility index (Phi) is 10.2. The van der Waals surface area contributed by atoms with Gasteiger partial charge in [-0.05, 0) is 99.7 Å². The lowest BCUT2D eigenvalue weighted by Gasteiger charge is -2.56. The zero-order chi connectivity index (χ0) is 34.9. The highest BCUT2D eigenvalue weighted by molar-refractivity contribution is 7.92. The summed E-state index contributed by atoms with van der Waals surface area (Å²) in [5, 5.41) is 0. The van der Waals surface area contributed by atoms with E-state index in [0.29, 0.717) is 23.4 Å². The smallest absolute Gasteiger partial charge is 0.264 e. The minimum absolute atomic E-state index is 0.00178. The second kappa shape index (κ2) is 14.2. The molecule has 1 amide bonds. The average molecular weight is 692 g/mol. The lowest BCUT2D eigenvalue weighted by molar-refractivity contribution is -0.0545. The number of methoxy groups -OCH3 is 2. The molecule has 0 radical (unpaired) electrons. The minimum atomic E-state index is -4.17. The van der Waals surface area contributed by atoms with Gasteiger partial charge in [-0.25, -0.2) is 18.1 Å². The molecular formula is C37H49N5O6S. The molecule has 1 aliphatic carbocycles. The molecule has 264 valence electrons. The number of nitrogens with one attached hydrogen (secondary N) is 1. The van der Waals surface area contributed by atoms with Gasteiger partial charge in [0.1, 0.15) is 12.3 Å². The van der Waals surface area contributed by atoms with Gasteiger partial charge in [-0.2, -0.15) is 4.98 Å². The number of amides is 1. The van der Waals surface area contributed by atoms with Crippen LogP contribution < -0.4 is 14.2 Å². The summed E-state index contributed by atoms with van der Waals surface area (Å²) in [6, 6.07) is 11.9. The molecule has 1 saturated carbocycles. The summed E-state index contributed by atoms with van der Waals surface area (Å²) < 4.78 is 47.9. The maximum atomic E-state index is 14.6. The highest BCUT2D eigenvalue weighted by Crippen LogP contribution is 2.52. The quantitative estimate of drug-likeness (QED) is 0.317. The first kappa shape index (κ1) is 35.1. The number of carbonyl (C=O) groups is 1. The molecule has 1 aromatic heterocycles. The number of aromatic nitrogens is 2. The summed E-state index contributed by atoms with van der Waals surface area (Å²) in [7, 11) is -0.906. The number of sulfonamides is 1. The van der Waals surface area contributed by atoms with Crippen molar-refractivity contribution in [1.82, 2.24) is 19.8 Å². The molecule has 3 aromatic rings. The van der Waals surface area contributed by atoms with Crippen LogP contribution in [0.25, 0.3) is 11.3 Å². The van der Waals surface area contributed by atoms with Crippen molar-refractivity contribution in [3.63, 3.8) is 0 Å². The van der Waals surface area contributed by atoms with Crippen LogP contribution in [-0.4, -0.2) is 93.2 Å². The van der Waals surface area contributed by atoms with Gasteiger partial charge in [0.05, 0.1) is 24.7 Å². The van der Waals surface area contributed by atoms with Gasteiger partial charge < -0.3 is 24.0 Å². The summed E-state index contributed by atoms with van der Waals surface area (Å²) in [5.41, 5.74) is 3.64. The summed E-state index contributed by atoms with van der Waals surface area (Å²) in [5.74, 6) is 0.357. The predicted octanol–water partition coefficient (Wildman–Crippen LogP) is 5.71. The molecule has 12 heteroatoms. The number of fused-ring (bicyclic) bond motifs is 4. The van der Waals surface area contributed by atoms with Crippen molar-refractivity contribution >= 4 is 21.9 Å². The van der Waals surface area contributed by atoms with Gasteiger partial charge in [0.15, 0.2) is 0 Å². The van der Waals surface area contributed by atoms with E-state index in [4.69, 9.17) is 14.2 Å². The number of hydrogen-bond acceptors (Lipinski definition) is 9. The van der Waals surface area contributed by atoms with E-state index in [1.807, 2.05) is 36.9 Å². The van der Waals surface area contributed by atoms with E-state index in [1.165, 1.54) is 19.2 Å². The Labute approximate surface area is 290 Å². The third kappa shape index (κ3) is 7.27. The fourth-order valence-corrected chi connectivity index (χ4v) is 8.86. The first-order valence-electron chi connectivity index (χ1n) is 17.3. The fourth-order valence-electron chi connectivity index (χ4n) is 7.87. The molecule has 3 aliphatic rings. The summed E-state index contributed by atoms with van der Waals surface area (Å²) in [6.07, 6.45) is 4.68. The van der Waals surface area contributed by atoms with Gasteiger partial charge >= 0.3 is 0 Å². The van der Waals surface area contributed by atoms with E-state index < -0.39 is 10.0 Å². The zero-order valence-electron chi connectivity index (χ0n) is 29.5. The van der Waals surface area contributed by atoms with Crippen LogP contribution in [0.5, 0.6) is 11.6 Å².